The maximum absolute atomic E-state index is 6.08. The molecule has 9 rings (SSSR count). The Balaban J connectivity index is 1.22. The van der Waals surface area contributed by atoms with Crippen molar-refractivity contribution in [1.82, 2.24) is 0 Å². The van der Waals surface area contributed by atoms with E-state index in [1.807, 2.05) is 12.1 Å². The molecule has 1 aliphatic rings. The van der Waals surface area contributed by atoms with E-state index in [1.165, 1.54) is 66.8 Å². The fraction of sp³-hybridized carbons (Fsp3) is 0. The lowest BCUT2D eigenvalue weighted by atomic mass is 9.80. The highest BCUT2D eigenvalue weighted by molar-refractivity contribution is 6.07. The van der Waals surface area contributed by atoms with Crippen LogP contribution in [0.2, 0.25) is 0 Å². The second kappa shape index (κ2) is 9.44. The van der Waals surface area contributed by atoms with E-state index in [0.717, 1.165) is 21.9 Å². The summed E-state index contributed by atoms with van der Waals surface area (Å²) >= 11 is 0. The van der Waals surface area contributed by atoms with Crippen LogP contribution in [-0.2, 0) is 0 Å². The van der Waals surface area contributed by atoms with Crippen LogP contribution in [0.3, 0.4) is 0 Å². The summed E-state index contributed by atoms with van der Waals surface area (Å²) in [6, 6.07) is 57.0. The fourth-order valence-corrected chi connectivity index (χ4v) is 6.82. The Bertz CT molecular complexity index is 2350. The van der Waals surface area contributed by atoms with E-state index in [1.54, 1.807) is 0 Å². The third-order valence-electron chi connectivity index (χ3n) is 8.87. The number of hydrogen-bond acceptors (Lipinski definition) is 1. The number of hydrogen-bond donors (Lipinski definition) is 0. The highest BCUT2D eigenvalue weighted by atomic mass is 16.3. The SMILES string of the molecule is c1cc(-c2ccc3c(c2)-c2ccccc2-c2ccccc2-c2ccccc2-3)cc(-c2ccc3oc4ccccc4c3c2)c1. The molecule has 0 amide bonds. The summed E-state index contributed by atoms with van der Waals surface area (Å²) in [5.74, 6) is 0. The molecule has 0 radical (unpaired) electrons. The van der Waals surface area contributed by atoms with Gasteiger partial charge in [-0.15, -0.1) is 0 Å². The summed E-state index contributed by atoms with van der Waals surface area (Å²) in [7, 11) is 0. The van der Waals surface area contributed by atoms with Crippen molar-refractivity contribution in [2.24, 2.45) is 0 Å². The molecule has 1 aliphatic carbocycles. The van der Waals surface area contributed by atoms with Gasteiger partial charge in [0.15, 0.2) is 0 Å². The topological polar surface area (TPSA) is 13.1 Å². The molecule has 0 atom stereocenters. The second-order valence-corrected chi connectivity index (χ2v) is 11.3. The first-order chi connectivity index (χ1) is 21.3. The number of fused-ring (bicyclic) bond motifs is 11. The van der Waals surface area contributed by atoms with Gasteiger partial charge in [-0.25, -0.2) is 0 Å². The summed E-state index contributed by atoms with van der Waals surface area (Å²) < 4.78 is 6.08. The minimum atomic E-state index is 0.920. The van der Waals surface area contributed by atoms with Gasteiger partial charge in [0.05, 0.1) is 0 Å². The molecule has 0 saturated carbocycles. The molecular formula is C42H26O. The quantitative estimate of drug-likeness (QED) is 0.210. The number of furan rings is 1. The van der Waals surface area contributed by atoms with Crippen molar-refractivity contribution < 1.29 is 4.42 Å². The van der Waals surface area contributed by atoms with E-state index in [0.29, 0.717) is 0 Å². The summed E-state index contributed by atoms with van der Waals surface area (Å²) in [5.41, 5.74) is 16.7. The lowest BCUT2D eigenvalue weighted by Gasteiger charge is -2.23. The lowest BCUT2D eigenvalue weighted by molar-refractivity contribution is 0.669. The van der Waals surface area contributed by atoms with Crippen LogP contribution in [0.1, 0.15) is 0 Å². The predicted octanol–water partition coefficient (Wildman–Crippen LogP) is 11.9. The Morgan fingerprint density at radius 3 is 1.33 bits per heavy atom. The van der Waals surface area contributed by atoms with Crippen LogP contribution in [0, 0.1) is 0 Å². The first-order valence-corrected chi connectivity index (χ1v) is 14.8. The minimum absolute atomic E-state index is 0.920. The van der Waals surface area contributed by atoms with E-state index in [-0.39, 0.29) is 0 Å². The van der Waals surface area contributed by atoms with E-state index in [4.69, 9.17) is 4.42 Å². The highest BCUT2D eigenvalue weighted by Crippen LogP contribution is 2.48. The summed E-state index contributed by atoms with van der Waals surface area (Å²) in [5, 5.41) is 2.30. The van der Waals surface area contributed by atoms with Crippen LogP contribution in [-0.4, -0.2) is 0 Å². The summed E-state index contributed by atoms with van der Waals surface area (Å²) in [6.45, 7) is 0. The molecule has 1 heterocycles. The van der Waals surface area contributed by atoms with Gasteiger partial charge in [-0.1, -0.05) is 127 Å². The smallest absolute Gasteiger partial charge is 0.135 e. The molecule has 1 nitrogen and oxygen atoms in total. The first-order valence-electron chi connectivity index (χ1n) is 14.8. The summed E-state index contributed by atoms with van der Waals surface area (Å²) in [4.78, 5) is 0. The van der Waals surface area contributed by atoms with E-state index in [9.17, 15) is 0 Å². The highest BCUT2D eigenvalue weighted by Gasteiger charge is 2.21. The molecule has 0 aliphatic heterocycles. The molecule has 8 aromatic rings. The van der Waals surface area contributed by atoms with Gasteiger partial charge in [-0.2, -0.15) is 0 Å². The van der Waals surface area contributed by atoms with Gasteiger partial charge in [0, 0.05) is 10.8 Å². The Morgan fingerprint density at radius 2 is 0.698 bits per heavy atom. The monoisotopic (exact) mass is 546 g/mol. The molecule has 7 aromatic carbocycles. The Morgan fingerprint density at radius 1 is 0.256 bits per heavy atom. The van der Waals surface area contributed by atoms with Gasteiger partial charge in [0.25, 0.3) is 0 Å². The van der Waals surface area contributed by atoms with E-state index in [2.05, 4.69) is 146 Å². The number of para-hydroxylation sites is 1. The summed E-state index contributed by atoms with van der Waals surface area (Å²) in [6.07, 6.45) is 0. The zero-order chi connectivity index (χ0) is 28.3. The van der Waals surface area contributed by atoms with Crippen LogP contribution in [0.25, 0.3) is 88.7 Å². The zero-order valence-corrected chi connectivity index (χ0v) is 23.4. The van der Waals surface area contributed by atoms with Crippen molar-refractivity contribution in [3.05, 3.63) is 158 Å². The van der Waals surface area contributed by atoms with Crippen LogP contribution in [0.15, 0.2) is 162 Å². The molecule has 1 aromatic heterocycles. The van der Waals surface area contributed by atoms with E-state index < -0.39 is 0 Å². The third kappa shape index (κ3) is 3.79. The zero-order valence-electron chi connectivity index (χ0n) is 23.4. The van der Waals surface area contributed by atoms with E-state index >= 15 is 0 Å². The van der Waals surface area contributed by atoms with Crippen molar-refractivity contribution in [2.45, 2.75) is 0 Å². The second-order valence-electron chi connectivity index (χ2n) is 11.3. The van der Waals surface area contributed by atoms with Crippen LogP contribution < -0.4 is 0 Å². The maximum atomic E-state index is 6.08. The lowest BCUT2D eigenvalue weighted by Crippen LogP contribution is -1.97. The predicted molar refractivity (Wildman–Crippen MR) is 180 cm³/mol. The van der Waals surface area contributed by atoms with Gasteiger partial charge in [-0.05, 0) is 97.1 Å². The molecule has 0 spiro atoms. The number of rotatable bonds is 2. The van der Waals surface area contributed by atoms with Gasteiger partial charge in [0.1, 0.15) is 11.2 Å². The van der Waals surface area contributed by atoms with Crippen molar-refractivity contribution in [2.75, 3.05) is 0 Å². The third-order valence-corrected chi connectivity index (χ3v) is 8.87. The van der Waals surface area contributed by atoms with Gasteiger partial charge in [-0.3, -0.25) is 0 Å². The minimum Gasteiger partial charge on any atom is -0.456 e. The Labute approximate surface area is 250 Å². The van der Waals surface area contributed by atoms with Gasteiger partial charge < -0.3 is 4.42 Å². The van der Waals surface area contributed by atoms with Gasteiger partial charge >= 0.3 is 0 Å². The Kier molecular flexibility index (Phi) is 5.27. The van der Waals surface area contributed by atoms with Crippen molar-refractivity contribution in [3.8, 4) is 66.8 Å². The van der Waals surface area contributed by atoms with Crippen molar-refractivity contribution in [1.29, 1.82) is 0 Å². The average Bonchev–Trinajstić information content (AvgIpc) is 3.46. The molecule has 43 heavy (non-hydrogen) atoms. The molecule has 0 bridgehead atoms. The Hall–Kier alpha value is -5.66. The average molecular weight is 547 g/mol. The number of benzene rings is 7. The first kappa shape index (κ1) is 24.0. The van der Waals surface area contributed by atoms with Crippen molar-refractivity contribution in [3.63, 3.8) is 0 Å². The van der Waals surface area contributed by atoms with Crippen LogP contribution in [0.5, 0.6) is 0 Å². The molecule has 0 fully saturated rings. The largest absolute Gasteiger partial charge is 0.456 e. The normalized spacial score (nSPS) is 11.7. The molecular weight excluding hydrogens is 520 g/mol. The van der Waals surface area contributed by atoms with Gasteiger partial charge in [0.2, 0.25) is 0 Å². The molecule has 0 saturated heterocycles. The molecule has 200 valence electrons. The van der Waals surface area contributed by atoms with Crippen LogP contribution >= 0.6 is 0 Å². The maximum Gasteiger partial charge on any atom is 0.135 e. The standard InChI is InChI=1S/C42H26O/c1-2-13-32-31(12-1)33-14-3-4-16-35(33)37-22-20-29(25-39(37)36-17-6-5-15-34(32)36)27-10-9-11-28(24-27)30-21-23-42-40(26-30)38-18-7-8-19-41(38)43-42/h1-26H. The molecule has 0 unspecified atom stereocenters. The fourth-order valence-electron chi connectivity index (χ4n) is 6.82. The van der Waals surface area contributed by atoms with Crippen molar-refractivity contribution >= 4 is 21.9 Å². The molecule has 0 N–H and O–H groups in total. The van der Waals surface area contributed by atoms with Crippen LogP contribution in [0.4, 0.5) is 0 Å². The molecule has 1 heteroatoms.